The van der Waals surface area contributed by atoms with E-state index in [1.54, 1.807) is 6.07 Å². The molecule has 1 amide bonds. The molecule has 0 radical (unpaired) electrons. The third kappa shape index (κ3) is 1.54. The summed E-state index contributed by atoms with van der Waals surface area (Å²) in [7, 11) is 0. The molecular weight excluding hydrogens is 194 g/mol. The van der Waals surface area contributed by atoms with E-state index in [1.165, 1.54) is 0 Å². The number of hydrogen-bond donors (Lipinski definition) is 1. The number of rotatable bonds is 3. The van der Waals surface area contributed by atoms with Gasteiger partial charge in [-0.1, -0.05) is 12.1 Å². The highest BCUT2D eigenvalue weighted by atomic mass is 16.5. The van der Waals surface area contributed by atoms with E-state index >= 15 is 0 Å². The Morgan fingerprint density at radius 1 is 1.47 bits per heavy atom. The van der Waals surface area contributed by atoms with Crippen molar-refractivity contribution in [3.63, 3.8) is 0 Å². The molecule has 0 aliphatic rings. The van der Waals surface area contributed by atoms with Crippen LogP contribution in [0.2, 0.25) is 0 Å². The molecule has 0 bridgehead atoms. The number of nitrogens with two attached hydrogens (primary N) is 1. The van der Waals surface area contributed by atoms with E-state index in [2.05, 4.69) is 0 Å². The van der Waals surface area contributed by atoms with Gasteiger partial charge < -0.3 is 14.9 Å². The average molecular weight is 205 g/mol. The van der Waals surface area contributed by atoms with Crippen molar-refractivity contribution in [2.75, 3.05) is 6.61 Å². The number of benzene rings is 1. The minimum atomic E-state index is -0.616. The molecule has 0 saturated carbocycles. The molecule has 1 aromatic heterocycles. The summed E-state index contributed by atoms with van der Waals surface area (Å²) < 4.78 is 10.7. The van der Waals surface area contributed by atoms with Crippen LogP contribution in [0.1, 0.15) is 17.5 Å². The van der Waals surface area contributed by atoms with Gasteiger partial charge in [-0.2, -0.15) is 0 Å². The van der Waals surface area contributed by atoms with Gasteiger partial charge in [0, 0.05) is 0 Å². The van der Waals surface area contributed by atoms with Crippen LogP contribution >= 0.6 is 0 Å². The first-order chi connectivity index (χ1) is 7.24. The van der Waals surface area contributed by atoms with E-state index < -0.39 is 5.91 Å². The standard InChI is InChI=1S/C11H11NO3/c1-2-14-9-7-5-3-4-6-8(7)15-10(9)11(12)13/h3-6H,2H2,1H3,(H2,12,13). The molecule has 1 heterocycles. The molecule has 2 N–H and O–H groups in total. The summed E-state index contributed by atoms with van der Waals surface area (Å²) in [5, 5.41) is 0.771. The van der Waals surface area contributed by atoms with Crippen LogP contribution in [0.3, 0.4) is 0 Å². The fraction of sp³-hybridized carbons (Fsp3) is 0.182. The fourth-order valence-electron chi connectivity index (χ4n) is 1.47. The molecule has 78 valence electrons. The number of carbonyl (C=O) groups excluding carboxylic acids is 1. The molecular formula is C11H11NO3. The third-order valence-electron chi connectivity index (χ3n) is 2.06. The summed E-state index contributed by atoms with van der Waals surface area (Å²) in [4.78, 5) is 11.1. The van der Waals surface area contributed by atoms with Gasteiger partial charge in [0.2, 0.25) is 5.76 Å². The van der Waals surface area contributed by atoms with Crippen molar-refractivity contribution in [1.82, 2.24) is 0 Å². The van der Waals surface area contributed by atoms with Crippen LogP contribution in [0, 0.1) is 0 Å². The maximum atomic E-state index is 11.1. The zero-order valence-corrected chi connectivity index (χ0v) is 8.32. The highest BCUT2D eigenvalue weighted by molar-refractivity contribution is 6.00. The Bertz CT molecular complexity index is 502. The Hall–Kier alpha value is -1.97. The van der Waals surface area contributed by atoms with Crippen LogP contribution < -0.4 is 10.5 Å². The molecule has 0 fully saturated rings. The molecule has 1 aromatic carbocycles. The SMILES string of the molecule is CCOc1c(C(N)=O)oc2ccccc12. The van der Waals surface area contributed by atoms with E-state index in [0.717, 1.165) is 5.39 Å². The Labute approximate surface area is 86.6 Å². The van der Waals surface area contributed by atoms with E-state index in [0.29, 0.717) is 17.9 Å². The van der Waals surface area contributed by atoms with Gasteiger partial charge in [0.1, 0.15) is 5.58 Å². The van der Waals surface area contributed by atoms with Crippen molar-refractivity contribution in [2.45, 2.75) is 6.92 Å². The number of furan rings is 1. The smallest absolute Gasteiger partial charge is 0.288 e. The van der Waals surface area contributed by atoms with Crippen molar-refractivity contribution in [1.29, 1.82) is 0 Å². The summed E-state index contributed by atoms with van der Waals surface area (Å²) in [6.07, 6.45) is 0. The zero-order valence-electron chi connectivity index (χ0n) is 8.32. The summed E-state index contributed by atoms with van der Waals surface area (Å²) in [5.74, 6) is -0.103. The Morgan fingerprint density at radius 2 is 2.20 bits per heavy atom. The molecule has 0 saturated heterocycles. The largest absolute Gasteiger partial charge is 0.489 e. The first-order valence-electron chi connectivity index (χ1n) is 4.68. The van der Waals surface area contributed by atoms with Crippen LogP contribution in [0.4, 0.5) is 0 Å². The Balaban J connectivity index is 2.68. The second-order valence-electron chi connectivity index (χ2n) is 3.05. The maximum absolute atomic E-state index is 11.1. The number of carbonyl (C=O) groups is 1. The summed E-state index contributed by atoms with van der Waals surface area (Å²) in [5.41, 5.74) is 5.80. The minimum Gasteiger partial charge on any atom is -0.489 e. The summed E-state index contributed by atoms with van der Waals surface area (Å²) in [6, 6.07) is 7.28. The third-order valence-corrected chi connectivity index (χ3v) is 2.06. The Kier molecular flexibility index (Phi) is 2.33. The average Bonchev–Trinajstić information content (AvgIpc) is 2.58. The number of amides is 1. The fourth-order valence-corrected chi connectivity index (χ4v) is 1.47. The van der Waals surface area contributed by atoms with E-state index in [4.69, 9.17) is 14.9 Å². The van der Waals surface area contributed by atoms with E-state index in [-0.39, 0.29) is 5.76 Å². The van der Waals surface area contributed by atoms with E-state index in [1.807, 2.05) is 25.1 Å². The maximum Gasteiger partial charge on any atom is 0.288 e. The number of primary amides is 1. The van der Waals surface area contributed by atoms with Crippen molar-refractivity contribution in [2.24, 2.45) is 5.73 Å². The predicted octanol–water partition coefficient (Wildman–Crippen LogP) is 1.93. The molecule has 0 unspecified atom stereocenters. The van der Waals surface area contributed by atoms with Gasteiger partial charge >= 0.3 is 0 Å². The minimum absolute atomic E-state index is 0.0815. The molecule has 2 rings (SSSR count). The van der Waals surface area contributed by atoms with Gasteiger partial charge in [-0.15, -0.1) is 0 Å². The highest BCUT2D eigenvalue weighted by Gasteiger charge is 2.18. The first-order valence-corrected chi connectivity index (χ1v) is 4.68. The second-order valence-corrected chi connectivity index (χ2v) is 3.05. The Morgan fingerprint density at radius 3 is 2.87 bits per heavy atom. The molecule has 15 heavy (non-hydrogen) atoms. The topological polar surface area (TPSA) is 65.5 Å². The lowest BCUT2D eigenvalue weighted by Gasteiger charge is -2.00. The normalized spacial score (nSPS) is 10.5. The number of hydrogen-bond acceptors (Lipinski definition) is 3. The zero-order chi connectivity index (χ0) is 10.8. The lowest BCUT2D eigenvalue weighted by atomic mass is 10.2. The first kappa shape index (κ1) is 9.58. The van der Waals surface area contributed by atoms with Gasteiger partial charge in [-0.25, -0.2) is 0 Å². The summed E-state index contributed by atoms with van der Waals surface area (Å²) >= 11 is 0. The van der Waals surface area contributed by atoms with Crippen molar-refractivity contribution in [3.05, 3.63) is 30.0 Å². The molecule has 0 aliphatic carbocycles. The molecule has 2 aromatic rings. The van der Waals surface area contributed by atoms with Gasteiger partial charge in [-0.05, 0) is 19.1 Å². The lowest BCUT2D eigenvalue weighted by molar-refractivity contribution is 0.0971. The quantitative estimate of drug-likeness (QED) is 0.832. The monoisotopic (exact) mass is 205 g/mol. The molecule has 4 heteroatoms. The molecule has 4 nitrogen and oxygen atoms in total. The van der Waals surface area contributed by atoms with Crippen molar-refractivity contribution < 1.29 is 13.9 Å². The van der Waals surface area contributed by atoms with Crippen LogP contribution in [-0.2, 0) is 0 Å². The van der Waals surface area contributed by atoms with Gasteiger partial charge in [0.15, 0.2) is 5.75 Å². The number of para-hydroxylation sites is 1. The van der Waals surface area contributed by atoms with Gasteiger partial charge in [0.05, 0.1) is 12.0 Å². The van der Waals surface area contributed by atoms with Crippen molar-refractivity contribution in [3.8, 4) is 5.75 Å². The number of fused-ring (bicyclic) bond motifs is 1. The predicted molar refractivity (Wildman–Crippen MR) is 55.9 cm³/mol. The molecule has 0 atom stereocenters. The van der Waals surface area contributed by atoms with Crippen LogP contribution in [0.25, 0.3) is 11.0 Å². The summed E-state index contributed by atoms with van der Waals surface area (Å²) in [6.45, 7) is 2.30. The highest BCUT2D eigenvalue weighted by Crippen LogP contribution is 2.32. The molecule has 0 aliphatic heterocycles. The van der Waals surface area contributed by atoms with Crippen molar-refractivity contribution >= 4 is 16.9 Å². The van der Waals surface area contributed by atoms with Crippen LogP contribution in [-0.4, -0.2) is 12.5 Å². The van der Waals surface area contributed by atoms with Crippen LogP contribution in [0.15, 0.2) is 28.7 Å². The van der Waals surface area contributed by atoms with Gasteiger partial charge in [-0.3, -0.25) is 4.79 Å². The lowest BCUT2D eigenvalue weighted by Crippen LogP contribution is -2.11. The molecule has 0 spiro atoms. The van der Waals surface area contributed by atoms with E-state index in [9.17, 15) is 4.79 Å². The number of ether oxygens (including phenoxy) is 1. The van der Waals surface area contributed by atoms with Crippen LogP contribution in [0.5, 0.6) is 5.75 Å². The van der Waals surface area contributed by atoms with Gasteiger partial charge in [0.25, 0.3) is 5.91 Å². The second kappa shape index (κ2) is 3.65.